The van der Waals surface area contributed by atoms with Crippen molar-refractivity contribution in [3.63, 3.8) is 0 Å². The van der Waals surface area contributed by atoms with Crippen LogP contribution >= 0.6 is 0 Å². The smallest absolute Gasteiger partial charge is 0.227 e. The maximum Gasteiger partial charge on any atom is 0.227 e. The van der Waals surface area contributed by atoms with E-state index in [1.54, 1.807) is 0 Å². The first-order valence-corrected chi connectivity index (χ1v) is 8.61. The van der Waals surface area contributed by atoms with Gasteiger partial charge >= 0.3 is 0 Å². The van der Waals surface area contributed by atoms with Crippen LogP contribution in [0, 0.1) is 17.7 Å². The van der Waals surface area contributed by atoms with E-state index in [-0.39, 0.29) is 35.2 Å². The average molecular weight is 347 g/mol. The van der Waals surface area contributed by atoms with Crippen LogP contribution < -0.4 is 10.6 Å². The van der Waals surface area contributed by atoms with E-state index in [2.05, 4.69) is 10.6 Å². The van der Waals surface area contributed by atoms with Gasteiger partial charge in [0.05, 0.1) is 5.69 Å². The van der Waals surface area contributed by atoms with E-state index < -0.39 is 5.82 Å². The molecule has 1 saturated heterocycles. The topological polar surface area (TPSA) is 78.5 Å². The Morgan fingerprint density at radius 3 is 2.32 bits per heavy atom. The second kappa shape index (κ2) is 7.21. The van der Waals surface area contributed by atoms with Gasteiger partial charge in [0.15, 0.2) is 0 Å². The Kier molecular flexibility index (Phi) is 5.01. The molecule has 0 radical (unpaired) electrons. The minimum Gasteiger partial charge on any atom is -0.342 e. The van der Waals surface area contributed by atoms with Crippen molar-refractivity contribution >= 4 is 29.1 Å². The third kappa shape index (κ3) is 4.35. The molecule has 1 aromatic rings. The Morgan fingerprint density at radius 1 is 1.04 bits per heavy atom. The van der Waals surface area contributed by atoms with E-state index in [4.69, 9.17) is 0 Å². The number of hydrogen-bond acceptors (Lipinski definition) is 3. The van der Waals surface area contributed by atoms with Crippen molar-refractivity contribution in [3.05, 3.63) is 24.0 Å². The average Bonchev–Trinajstić information content (AvgIpc) is 3.42. The van der Waals surface area contributed by atoms with Crippen molar-refractivity contribution in [2.75, 3.05) is 23.7 Å². The van der Waals surface area contributed by atoms with E-state index in [9.17, 15) is 18.8 Å². The lowest BCUT2D eigenvalue weighted by Crippen LogP contribution is -2.42. The number of piperidine rings is 1. The Bertz CT molecular complexity index is 695. The molecule has 7 heteroatoms. The first kappa shape index (κ1) is 17.4. The summed E-state index contributed by atoms with van der Waals surface area (Å²) in [7, 11) is 0. The molecule has 3 amide bonds. The van der Waals surface area contributed by atoms with E-state index in [1.807, 2.05) is 4.90 Å². The highest BCUT2D eigenvalue weighted by atomic mass is 19.1. The predicted molar refractivity (Wildman–Crippen MR) is 91.4 cm³/mol. The first-order valence-electron chi connectivity index (χ1n) is 8.61. The molecule has 1 aromatic carbocycles. The fourth-order valence-corrected chi connectivity index (χ4v) is 3.08. The van der Waals surface area contributed by atoms with Crippen LogP contribution in [0.4, 0.5) is 15.8 Å². The predicted octanol–water partition coefficient (Wildman–Crippen LogP) is 2.37. The van der Waals surface area contributed by atoms with Crippen LogP contribution in [0.1, 0.15) is 32.6 Å². The number of carbonyl (C=O) groups excluding carboxylic acids is 3. The van der Waals surface area contributed by atoms with Crippen LogP contribution in [0.2, 0.25) is 0 Å². The molecule has 134 valence electrons. The fraction of sp³-hybridized carbons (Fsp3) is 0.500. The molecule has 0 spiro atoms. The highest BCUT2D eigenvalue weighted by Crippen LogP contribution is 2.32. The minimum absolute atomic E-state index is 0.0372. The van der Waals surface area contributed by atoms with Crippen molar-refractivity contribution in [2.24, 2.45) is 11.8 Å². The number of hydrogen-bond donors (Lipinski definition) is 2. The summed E-state index contributed by atoms with van der Waals surface area (Å²) in [6, 6.07) is 4.07. The lowest BCUT2D eigenvalue weighted by atomic mass is 9.95. The normalized spacial score (nSPS) is 17.9. The van der Waals surface area contributed by atoms with Crippen LogP contribution in [0.3, 0.4) is 0 Å². The molecular weight excluding hydrogens is 325 g/mol. The summed E-state index contributed by atoms with van der Waals surface area (Å²) < 4.78 is 13.6. The van der Waals surface area contributed by atoms with Gasteiger partial charge in [-0.05, 0) is 43.9 Å². The Morgan fingerprint density at radius 2 is 1.72 bits per heavy atom. The molecule has 1 aliphatic heterocycles. The maximum atomic E-state index is 13.6. The summed E-state index contributed by atoms with van der Waals surface area (Å²) in [5.41, 5.74) is 0.474. The highest BCUT2D eigenvalue weighted by molar-refractivity contribution is 5.94. The molecule has 25 heavy (non-hydrogen) atoms. The van der Waals surface area contributed by atoms with Crippen molar-refractivity contribution in [2.45, 2.75) is 32.6 Å². The lowest BCUT2D eigenvalue weighted by molar-refractivity contribution is -0.135. The van der Waals surface area contributed by atoms with Gasteiger partial charge in [0.1, 0.15) is 5.82 Å². The lowest BCUT2D eigenvalue weighted by Gasteiger charge is -2.31. The molecular formula is C18H22FN3O3. The molecule has 6 nitrogen and oxygen atoms in total. The van der Waals surface area contributed by atoms with Gasteiger partial charge in [-0.2, -0.15) is 0 Å². The molecule has 3 rings (SSSR count). The molecule has 1 saturated carbocycles. The molecule has 0 aromatic heterocycles. The Balaban J connectivity index is 1.55. The summed E-state index contributed by atoms with van der Waals surface area (Å²) >= 11 is 0. The van der Waals surface area contributed by atoms with Gasteiger partial charge < -0.3 is 15.5 Å². The SMILES string of the molecule is CC(=O)Nc1cc(NC(=O)C2CCN(C(=O)C3CC3)CC2)ccc1F. The summed E-state index contributed by atoms with van der Waals surface area (Å²) in [5.74, 6) is -0.819. The van der Waals surface area contributed by atoms with Crippen LogP contribution in [0.5, 0.6) is 0 Å². The van der Waals surface area contributed by atoms with Crippen molar-refractivity contribution in [3.8, 4) is 0 Å². The zero-order valence-electron chi connectivity index (χ0n) is 14.2. The second-order valence-corrected chi connectivity index (χ2v) is 6.74. The minimum atomic E-state index is -0.555. The van der Waals surface area contributed by atoms with Crippen LogP contribution in [0.25, 0.3) is 0 Å². The first-order chi connectivity index (χ1) is 11.9. The third-order valence-electron chi connectivity index (χ3n) is 4.65. The zero-order chi connectivity index (χ0) is 18.0. The van der Waals surface area contributed by atoms with Gasteiger partial charge in [0.2, 0.25) is 17.7 Å². The van der Waals surface area contributed by atoms with Gasteiger partial charge in [-0.25, -0.2) is 4.39 Å². The maximum absolute atomic E-state index is 13.6. The number of likely N-dealkylation sites (tertiary alicyclic amines) is 1. The molecule has 0 unspecified atom stereocenters. The summed E-state index contributed by atoms with van der Waals surface area (Å²) in [6.45, 7) is 2.50. The molecule has 2 aliphatic rings. The second-order valence-electron chi connectivity index (χ2n) is 6.74. The van der Waals surface area contributed by atoms with E-state index in [0.29, 0.717) is 31.6 Å². The largest absolute Gasteiger partial charge is 0.342 e. The molecule has 1 aliphatic carbocycles. The summed E-state index contributed by atoms with van der Waals surface area (Å²) in [5, 5.41) is 5.16. The monoisotopic (exact) mass is 347 g/mol. The number of carbonyl (C=O) groups is 3. The van der Waals surface area contributed by atoms with Crippen LogP contribution in [-0.2, 0) is 14.4 Å². The Labute approximate surface area is 145 Å². The number of anilines is 2. The van der Waals surface area contributed by atoms with Gasteiger partial charge in [0, 0.05) is 37.5 Å². The number of rotatable bonds is 4. The summed E-state index contributed by atoms with van der Waals surface area (Å²) in [6.07, 6.45) is 3.23. The number of nitrogens with one attached hydrogen (secondary N) is 2. The Hall–Kier alpha value is -2.44. The van der Waals surface area contributed by atoms with Gasteiger partial charge in [-0.3, -0.25) is 14.4 Å². The van der Waals surface area contributed by atoms with E-state index >= 15 is 0 Å². The van der Waals surface area contributed by atoms with Crippen LogP contribution in [-0.4, -0.2) is 35.7 Å². The molecule has 2 fully saturated rings. The van der Waals surface area contributed by atoms with Crippen molar-refractivity contribution < 1.29 is 18.8 Å². The van der Waals surface area contributed by atoms with Gasteiger partial charge in [-0.1, -0.05) is 0 Å². The zero-order valence-corrected chi connectivity index (χ0v) is 14.2. The molecule has 0 bridgehead atoms. The van der Waals surface area contributed by atoms with Gasteiger partial charge in [0.25, 0.3) is 0 Å². The fourth-order valence-electron chi connectivity index (χ4n) is 3.08. The summed E-state index contributed by atoms with van der Waals surface area (Å²) in [4.78, 5) is 37.4. The van der Waals surface area contributed by atoms with E-state index in [1.165, 1.54) is 25.1 Å². The van der Waals surface area contributed by atoms with Crippen molar-refractivity contribution in [1.29, 1.82) is 0 Å². The number of amides is 3. The van der Waals surface area contributed by atoms with Gasteiger partial charge in [-0.15, -0.1) is 0 Å². The van der Waals surface area contributed by atoms with Crippen LogP contribution in [0.15, 0.2) is 18.2 Å². The van der Waals surface area contributed by atoms with E-state index in [0.717, 1.165) is 12.8 Å². The molecule has 2 N–H and O–H groups in total. The number of benzene rings is 1. The molecule has 0 atom stereocenters. The third-order valence-corrected chi connectivity index (χ3v) is 4.65. The number of halogens is 1. The quantitative estimate of drug-likeness (QED) is 0.878. The molecule has 1 heterocycles. The number of nitrogens with zero attached hydrogens (tertiary/aromatic N) is 1. The standard InChI is InChI=1S/C18H22FN3O3/c1-11(23)20-16-10-14(4-5-15(16)19)21-17(24)12-6-8-22(9-7-12)18(25)13-2-3-13/h4-5,10,12-13H,2-3,6-9H2,1H3,(H,20,23)(H,21,24). The highest BCUT2D eigenvalue weighted by Gasteiger charge is 2.35. The van der Waals surface area contributed by atoms with Crippen molar-refractivity contribution in [1.82, 2.24) is 4.90 Å².